The van der Waals surface area contributed by atoms with Crippen LogP contribution in [0.25, 0.3) is 0 Å². The first-order chi connectivity index (χ1) is 8.16. The van der Waals surface area contributed by atoms with Crippen LogP contribution >= 0.6 is 11.6 Å². The minimum absolute atomic E-state index is 0.726. The van der Waals surface area contributed by atoms with Gasteiger partial charge in [0.15, 0.2) is 0 Å². The molecule has 0 saturated carbocycles. The molecule has 2 aromatic rings. The molecule has 0 amide bonds. The van der Waals surface area contributed by atoms with Crippen LogP contribution in [0.2, 0.25) is 5.02 Å². The van der Waals surface area contributed by atoms with Crippen molar-refractivity contribution in [2.45, 2.75) is 0 Å². The van der Waals surface area contributed by atoms with Gasteiger partial charge in [0.25, 0.3) is 0 Å². The van der Waals surface area contributed by atoms with Crippen LogP contribution in [0.4, 0.5) is 17.1 Å². The van der Waals surface area contributed by atoms with E-state index in [2.05, 4.69) is 22.3 Å². The standard InChI is InChI=1S/C14H15ClN2/c1-17(2)12-9-7-11(8-10-12)16-14-6-4-3-5-13(14)15/h3-10,16H,1-2H3. The third-order valence-corrected chi connectivity index (χ3v) is 2.87. The summed E-state index contributed by atoms with van der Waals surface area (Å²) >= 11 is 6.09. The first kappa shape index (κ1) is 11.8. The molecule has 0 aliphatic rings. The third-order valence-electron chi connectivity index (χ3n) is 2.54. The predicted molar refractivity (Wildman–Crippen MR) is 75.5 cm³/mol. The Kier molecular flexibility index (Phi) is 3.55. The summed E-state index contributed by atoms with van der Waals surface area (Å²) in [6, 6.07) is 15.9. The molecule has 0 saturated heterocycles. The van der Waals surface area contributed by atoms with Crippen molar-refractivity contribution in [3.63, 3.8) is 0 Å². The molecule has 0 radical (unpaired) electrons. The van der Waals surface area contributed by atoms with Gasteiger partial charge in [-0.15, -0.1) is 0 Å². The second-order valence-electron chi connectivity index (χ2n) is 4.05. The normalized spacial score (nSPS) is 10.1. The van der Waals surface area contributed by atoms with Gasteiger partial charge in [-0.05, 0) is 36.4 Å². The van der Waals surface area contributed by atoms with Crippen molar-refractivity contribution in [2.24, 2.45) is 0 Å². The molecule has 0 aliphatic heterocycles. The molecule has 2 aromatic carbocycles. The first-order valence-corrected chi connectivity index (χ1v) is 5.83. The van der Waals surface area contributed by atoms with Gasteiger partial charge in [-0.3, -0.25) is 0 Å². The van der Waals surface area contributed by atoms with Crippen LogP contribution in [-0.4, -0.2) is 14.1 Å². The van der Waals surface area contributed by atoms with Gasteiger partial charge in [0.1, 0.15) is 0 Å². The number of nitrogens with zero attached hydrogens (tertiary/aromatic N) is 1. The molecule has 3 heteroatoms. The number of hydrogen-bond acceptors (Lipinski definition) is 2. The molecule has 0 unspecified atom stereocenters. The molecule has 0 spiro atoms. The highest BCUT2D eigenvalue weighted by molar-refractivity contribution is 6.33. The molecular formula is C14H15ClN2. The molecule has 88 valence electrons. The number of halogens is 1. The molecule has 0 aromatic heterocycles. The summed E-state index contributed by atoms with van der Waals surface area (Å²) in [4.78, 5) is 2.07. The Morgan fingerprint density at radius 1 is 0.941 bits per heavy atom. The minimum Gasteiger partial charge on any atom is -0.378 e. The van der Waals surface area contributed by atoms with E-state index in [0.717, 1.165) is 16.4 Å². The molecule has 2 rings (SSSR count). The van der Waals surface area contributed by atoms with Crippen LogP contribution < -0.4 is 10.2 Å². The number of anilines is 3. The summed E-state index contributed by atoms with van der Waals surface area (Å²) in [5.41, 5.74) is 3.13. The predicted octanol–water partition coefficient (Wildman–Crippen LogP) is 4.15. The average molecular weight is 247 g/mol. The maximum Gasteiger partial charge on any atom is 0.0640 e. The lowest BCUT2D eigenvalue weighted by Gasteiger charge is -2.13. The van der Waals surface area contributed by atoms with E-state index in [1.807, 2.05) is 50.5 Å². The Bertz CT molecular complexity index is 492. The quantitative estimate of drug-likeness (QED) is 0.875. The molecule has 0 heterocycles. The van der Waals surface area contributed by atoms with Gasteiger partial charge >= 0.3 is 0 Å². The van der Waals surface area contributed by atoms with E-state index in [4.69, 9.17) is 11.6 Å². The smallest absolute Gasteiger partial charge is 0.0640 e. The topological polar surface area (TPSA) is 15.3 Å². The van der Waals surface area contributed by atoms with Gasteiger partial charge in [0.2, 0.25) is 0 Å². The molecule has 0 aliphatic carbocycles. The molecular weight excluding hydrogens is 232 g/mol. The molecule has 1 N–H and O–H groups in total. The summed E-state index contributed by atoms with van der Waals surface area (Å²) in [7, 11) is 4.05. The third kappa shape index (κ3) is 2.92. The van der Waals surface area contributed by atoms with Crippen molar-refractivity contribution in [3.8, 4) is 0 Å². The van der Waals surface area contributed by atoms with Crippen LogP contribution in [0.3, 0.4) is 0 Å². The molecule has 17 heavy (non-hydrogen) atoms. The highest BCUT2D eigenvalue weighted by Gasteiger charge is 2.00. The fourth-order valence-corrected chi connectivity index (χ4v) is 1.74. The van der Waals surface area contributed by atoms with Crippen LogP contribution in [0, 0.1) is 0 Å². The van der Waals surface area contributed by atoms with Crippen molar-refractivity contribution in [1.29, 1.82) is 0 Å². The fraction of sp³-hybridized carbons (Fsp3) is 0.143. The maximum atomic E-state index is 6.09. The van der Waals surface area contributed by atoms with Crippen molar-refractivity contribution >= 4 is 28.7 Å². The Morgan fingerprint density at radius 2 is 1.59 bits per heavy atom. The number of para-hydroxylation sites is 1. The van der Waals surface area contributed by atoms with E-state index in [1.54, 1.807) is 0 Å². The molecule has 0 bridgehead atoms. The number of hydrogen-bond donors (Lipinski definition) is 1. The molecule has 0 fully saturated rings. The van der Waals surface area contributed by atoms with E-state index >= 15 is 0 Å². The Morgan fingerprint density at radius 3 is 2.18 bits per heavy atom. The zero-order chi connectivity index (χ0) is 12.3. The zero-order valence-corrected chi connectivity index (χ0v) is 10.7. The Labute approximate surface area is 107 Å². The number of rotatable bonds is 3. The van der Waals surface area contributed by atoms with E-state index in [0.29, 0.717) is 0 Å². The summed E-state index contributed by atoms with van der Waals surface area (Å²) in [6.07, 6.45) is 0. The average Bonchev–Trinajstić information content (AvgIpc) is 2.33. The van der Waals surface area contributed by atoms with Gasteiger partial charge in [-0.25, -0.2) is 0 Å². The summed E-state index contributed by atoms with van der Waals surface area (Å²) in [6.45, 7) is 0. The Balaban J connectivity index is 2.17. The van der Waals surface area contributed by atoms with Crippen LogP contribution in [-0.2, 0) is 0 Å². The van der Waals surface area contributed by atoms with Gasteiger partial charge in [0, 0.05) is 25.5 Å². The zero-order valence-electron chi connectivity index (χ0n) is 9.94. The largest absolute Gasteiger partial charge is 0.378 e. The van der Waals surface area contributed by atoms with E-state index < -0.39 is 0 Å². The minimum atomic E-state index is 0.726. The van der Waals surface area contributed by atoms with E-state index in [9.17, 15) is 0 Å². The number of benzene rings is 2. The van der Waals surface area contributed by atoms with Crippen molar-refractivity contribution in [3.05, 3.63) is 53.6 Å². The SMILES string of the molecule is CN(C)c1ccc(Nc2ccccc2Cl)cc1. The monoisotopic (exact) mass is 246 g/mol. The molecule has 0 atom stereocenters. The second-order valence-corrected chi connectivity index (χ2v) is 4.45. The maximum absolute atomic E-state index is 6.09. The van der Waals surface area contributed by atoms with Gasteiger partial charge in [-0.2, -0.15) is 0 Å². The molecule has 2 nitrogen and oxygen atoms in total. The van der Waals surface area contributed by atoms with Crippen LogP contribution in [0.15, 0.2) is 48.5 Å². The fourth-order valence-electron chi connectivity index (χ4n) is 1.56. The van der Waals surface area contributed by atoms with Gasteiger partial charge in [0.05, 0.1) is 10.7 Å². The summed E-state index contributed by atoms with van der Waals surface area (Å²) in [5.74, 6) is 0. The van der Waals surface area contributed by atoms with Gasteiger partial charge < -0.3 is 10.2 Å². The van der Waals surface area contributed by atoms with Crippen LogP contribution in [0.1, 0.15) is 0 Å². The van der Waals surface area contributed by atoms with Crippen molar-refractivity contribution in [2.75, 3.05) is 24.3 Å². The Hall–Kier alpha value is -1.67. The first-order valence-electron chi connectivity index (χ1n) is 5.46. The second kappa shape index (κ2) is 5.11. The van der Waals surface area contributed by atoms with Gasteiger partial charge in [-0.1, -0.05) is 23.7 Å². The lowest BCUT2D eigenvalue weighted by molar-refractivity contribution is 1.13. The highest BCUT2D eigenvalue weighted by atomic mass is 35.5. The van der Waals surface area contributed by atoms with Crippen LogP contribution in [0.5, 0.6) is 0 Å². The lowest BCUT2D eigenvalue weighted by atomic mass is 10.2. The van der Waals surface area contributed by atoms with E-state index in [-0.39, 0.29) is 0 Å². The van der Waals surface area contributed by atoms with Crippen molar-refractivity contribution in [1.82, 2.24) is 0 Å². The lowest BCUT2D eigenvalue weighted by Crippen LogP contribution is -2.08. The van der Waals surface area contributed by atoms with E-state index in [1.165, 1.54) is 5.69 Å². The summed E-state index contributed by atoms with van der Waals surface area (Å²) in [5, 5.41) is 4.01. The number of nitrogens with one attached hydrogen (secondary N) is 1. The summed E-state index contributed by atoms with van der Waals surface area (Å²) < 4.78 is 0. The van der Waals surface area contributed by atoms with Crippen molar-refractivity contribution < 1.29 is 0 Å². The highest BCUT2D eigenvalue weighted by Crippen LogP contribution is 2.25.